The van der Waals surface area contributed by atoms with Crippen molar-refractivity contribution in [2.75, 3.05) is 12.4 Å². The summed E-state index contributed by atoms with van der Waals surface area (Å²) in [6, 6.07) is 18.1. The number of benzene rings is 3. The van der Waals surface area contributed by atoms with Gasteiger partial charge in [-0.05, 0) is 34.5 Å². The first-order valence-electron chi connectivity index (χ1n) is 7.86. The number of sulfonamides is 1. The van der Waals surface area contributed by atoms with Crippen LogP contribution in [0.15, 0.2) is 65.6 Å². The normalized spacial score (nSPS) is 11.3. The van der Waals surface area contributed by atoms with E-state index in [-0.39, 0.29) is 10.5 Å². The number of anilines is 1. The summed E-state index contributed by atoms with van der Waals surface area (Å²) in [5.41, 5.74) is 1.63. The topological polar surface area (TPSA) is 98.5 Å². The van der Waals surface area contributed by atoms with E-state index in [0.29, 0.717) is 12.2 Å². The number of nitrogens with two attached hydrogens (primary N) is 1. The van der Waals surface area contributed by atoms with Crippen LogP contribution in [-0.4, -0.2) is 21.5 Å². The molecule has 0 unspecified atom stereocenters. The molecule has 0 aromatic heterocycles. The van der Waals surface area contributed by atoms with E-state index in [1.807, 2.05) is 42.5 Å². The molecule has 3 aromatic rings. The Balaban J connectivity index is 1.95. The maximum absolute atomic E-state index is 12.0. The zero-order valence-electron chi connectivity index (χ0n) is 14.1. The van der Waals surface area contributed by atoms with E-state index < -0.39 is 16.0 Å². The third-order valence-electron chi connectivity index (χ3n) is 4.07. The van der Waals surface area contributed by atoms with Gasteiger partial charge in [-0.3, -0.25) is 0 Å². The fraction of sp³-hybridized carbons (Fsp3) is 0.105. The zero-order chi connectivity index (χ0) is 18.7. The summed E-state index contributed by atoms with van der Waals surface area (Å²) in [5, 5.41) is 10.5. The maximum Gasteiger partial charge on any atom is 0.340 e. The molecule has 0 saturated heterocycles. The van der Waals surface area contributed by atoms with Crippen molar-refractivity contribution < 1.29 is 17.9 Å². The molecule has 0 radical (unpaired) electrons. The monoisotopic (exact) mass is 370 g/mol. The van der Waals surface area contributed by atoms with Crippen LogP contribution in [0.25, 0.3) is 10.8 Å². The lowest BCUT2D eigenvalue weighted by Gasteiger charge is -2.13. The Labute approximate surface area is 151 Å². The molecule has 0 spiro atoms. The molecule has 0 fully saturated rings. The van der Waals surface area contributed by atoms with Gasteiger partial charge in [0.05, 0.1) is 17.6 Å². The van der Waals surface area contributed by atoms with Crippen molar-refractivity contribution in [3.8, 4) is 0 Å². The molecule has 0 saturated carbocycles. The quantitative estimate of drug-likeness (QED) is 0.673. The van der Waals surface area contributed by atoms with Crippen LogP contribution in [0.3, 0.4) is 0 Å². The third kappa shape index (κ3) is 3.68. The summed E-state index contributed by atoms with van der Waals surface area (Å²) in [7, 11) is -2.68. The van der Waals surface area contributed by atoms with Crippen LogP contribution in [0.5, 0.6) is 0 Å². The second-order valence-electron chi connectivity index (χ2n) is 5.74. The lowest BCUT2D eigenvalue weighted by molar-refractivity contribution is 0.0601. The van der Waals surface area contributed by atoms with Gasteiger partial charge < -0.3 is 10.1 Å². The molecule has 7 heteroatoms. The van der Waals surface area contributed by atoms with Gasteiger partial charge in [0.2, 0.25) is 10.0 Å². The lowest BCUT2D eigenvalue weighted by Crippen LogP contribution is -2.15. The van der Waals surface area contributed by atoms with Crippen molar-refractivity contribution in [2.24, 2.45) is 5.14 Å². The SMILES string of the molecule is COC(=O)c1cc(S(N)(=O)=O)ccc1NCc1cccc2ccccc12. The number of carbonyl (C=O) groups is 1. The predicted molar refractivity (Wildman–Crippen MR) is 100 cm³/mol. The van der Waals surface area contributed by atoms with Crippen LogP contribution in [0, 0.1) is 0 Å². The molecule has 3 N–H and O–H groups in total. The standard InChI is InChI=1S/C19H18N2O4S/c1-25-19(22)17-11-15(26(20,23)24)9-10-18(17)21-12-14-7-4-6-13-5-2-3-8-16(13)14/h2-11,21H,12H2,1H3,(H2,20,23,24). The Hall–Kier alpha value is -2.90. The van der Waals surface area contributed by atoms with Crippen molar-refractivity contribution in [1.29, 1.82) is 0 Å². The van der Waals surface area contributed by atoms with Gasteiger partial charge in [-0.15, -0.1) is 0 Å². The number of hydrogen-bond acceptors (Lipinski definition) is 5. The van der Waals surface area contributed by atoms with E-state index in [2.05, 4.69) is 5.32 Å². The molecule has 0 aliphatic heterocycles. The Kier molecular flexibility index (Phi) is 4.92. The van der Waals surface area contributed by atoms with E-state index in [0.717, 1.165) is 16.3 Å². The highest BCUT2D eigenvalue weighted by molar-refractivity contribution is 7.89. The molecule has 0 bridgehead atoms. The number of ether oxygens (including phenoxy) is 1. The number of methoxy groups -OCH3 is 1. The van der Waals surface area contributed by atoms with Gasteiger partial charge in [0, 0.05) is 12.2 Å². The van der Waals surface area contributed by atoms with Crippen molar-refractivity contribution in [1.82, 2.24) is 0 Å². The number of esters is 1. The molecule has 0 amide bonds. The molecule has 3 rings (SSSR count). The highest BCUT2D eigenvalue weighted by Gasteiger charge is 2.17. The summed E-state index contributed by atoms with van der Waals surface area (Å²) < 4.78 is 27.8. The smallest absolute Gasteiger partial charge is 0.340 e. The molecule has 0 heterocycles. The van der Waals surface area contributed by atoms with Gasteiger partial charge in [-0.1, -0.05) is 42.5 Å². The molecule has 0 aliphatic carbocycles. The fourth-order valence-corrected chi connectivity index (χ4v) is 3.31. The minimum Gasteiger partial charge on any atom is -0.465 e. The second kappa shape index (κ2) is 7.15. The molecule has 0 aliphatic rings. The number of primary sulfonamides is 1. The first-order valence-corrected chi connectivity index (χ1v) is 9.40. The molecular weight excluding hydrogens is 352 g/mol. The van der Waals surface area contributed by atoms with E-state index in [1.54, 1.807) is 0 Å². The largest absolute Gasteiger partial charge is 0.465 e. The van der Waals surface area contributed by atoms with Crippen molar-refractivity contribution >= 4 is 32.5 Å². The third-order valence-corrected chi connectivity index (χ3v) is 4.99. The number of fused-ring (bicyclic) bond motifs is 1. The van der Waals surface area contributed by atoms with E-state index in [4.69, 9.17) is 9.88 Å². The Morgan fingerprint density at radius 2 is 1.81 bits per heavy atom. The van der Waals surface area contributed by atoms with Crippen LogP contribution in [0.1, 0.15) is 15.9 Å². The molecule has 26 heavy (non-hydrogen) atoms. The van der Waals surface area contributed by atoms with Crippen LogP contribution >= 0.6 is 0 Å². The molecule has 0 atom stereocenters. The fourth-order valence-electron chi connectivity index (χ4n) is 2.77. The predicted octanol–water partition coefficient (Wildman–Crippen LogP) is 2.89. The maximum atomic E-state index is 12.0. The van der Waals surface area contributed by atoms with Crippen LogP contribution in [-0.2, 0) is 21.3 Å². The van der Waals surface area contributed by atoms with Gasteiger partial charge in [-0.2, -0.15) is 0 Å². The summed E-state index contributed by atoms with van der Waals surface area (Å²) in [4.78, 5) is 11.9. The Morgan fingerprint density at radius 3 is 2.54 bits per heavy atom. The lowest BCUT2D eigenvalue weighted by atomic mass is 10.0. The van der Waals surface area contributed by atoms with E-state index in [9.17, 15) is 13.2 Å². The minimum atomic E-state index is -3.92. The number of carbonyl (C=O) groups excluding carboxylic acids is 1. The van der Waals surface area contributed by atoms with Gasteiger partial charge in [0.25, 0.3) is 0 Å². The van der Waals surface area contributed by atoms with Crippen molar-refractivity contribution in [2.45, 2.75) is 11.4 Å². The zero-order valence-corrected chi connectivity index (χ0v) is 14.9. The number of hydrogen-bond donors (Lipinski definition) is 2. The first kappa shape index (κ1) is 17.9. The van der Waals surface area contributed by atoms with Crippen molar-refractivity contribution in [3.05, 3.63) is 71.8 Å². The van der Waals surface area contributed by atoms with Crippen LogP contribution < -0.4 is 10.5 Å². The number of rotatable bonds is 5. The average Bonchev–Trinajstić information content (AvgIpc) is 2.64. The summed E-state index contributed by atoms with van der Waals surface area (Å²) in [6.45, 7) is 0.458. The highest BCUT2D eigenvalue weighted by Crippen LogP contribution is 2.24. The first-order chi connectivity index (χ1) is 12.4. The number of nitrogens with one attached hydrogen (secondary N) is 1. The minimum absolute atomic E-state index is 0.110. The van der Waals surface area contributed by atoms with Gasteiger partial charge in [-0.25, -0.2) is 18.4 Å². The van der Waals surface area contributed by atoms with Gasteiger partial charge in [0.1, 0.15) is 0 Å². The summed E-state index contributed by atoms with van der Waals surface area (Å²) in [6.07, 6.45) is 0. The van der Waals surface area contributed by atoms with Crippen molar-refractivity contribution in [3.63, 3.8) is 0 Å². The Bertz CT molecular complexity index is 1070. The summed E-state index contributed by atoms with van der Waals surface area (Å²) in [5.74, 6) is -0.643. The highest BCUT2D eigenvalue weighted by atomic mass is 32.2. The molecular formula is C19H18N2O4S. The van der Waals surface area contributed by atoms with Gasteiger partial charge >= 0.3 is 5.97 Å². The molecule has 3 aromatic carbocycles. The summed E-state index contributed by atoms with van der Waals surface area (Å²) >= 11 is 0. The van der Waals surface area contributed by atoms with E-state index >= 15 is 0 Å². The van der Waals surface area contributed by atoms with E-state index in [1.165, 1.54) is 25.3 Å². The molecule has 134 valence electrons. The van der Waals surface area contributed by atoms with Crippen LogP contribution in [0.4, 0.5) is 5.69 Å². The van der Waals surface area contributed by atoms with Gasteiger partial charge in [0.15, 0.2) is 0 Å². The molecule has 6 nitrogen and oxygen atoms in total. The second-order valence-corrected chi connectivity index (χ2v) is 7.30. The average molecular weight is 370 g/mol. The Morgan fingerprint density at radius 1 is 1.08 bits per heavy atom. The van der Waals surface area contributed by atoms with Crippen LogP contribution in [0.2, 0.25) is 0 Å².